The molecule has 0 amide bonds. The predicted octanol–water partition coefficient (Wildman–Crippen LogP) is 5.92. The van der Waals surface area contributed by atoms with Crippen molar-refractivity contribution in [3.63, 3.8) is 0 Å². The Morgan fingerprint density at radius 2 is 1.50 bits per heavy atom. The van der Waals surface area contributed by atoms with Gasteiger partial charge in [0.15, 0.2) is 0 Å². The van der Waals surface area contributed by atoms with Crippen LogP contribution in [0.5, 0.6) is 0 Å². The predicted molar refractivity (Wildman–Crippen MR) is 98.4 cm³/mol. The zero-order chi connectivity index (χ0) is 14.8. The Morgan fingerprint density at radius 3 is 1.85 bits per heavy atom. The number of rotatable bonds is 11. The van der Waals surface area contributed by atoms with E-state index in [0.29, 0.717) is 0 Å². The van der Waals surface area contributed by atoms with Gasteiger partial charge in [-0.25, -0.2) is 0 Å². The SMILES string of the molecule is CCC[CH2][Sn]([CH2]CCC)([CH2]CCC)[c]1csc(SC)n1. The van der Waals surface area contributed by atoms with Crippen molar-refractivity contribution in [2.24, 2.45) is 0 Å². The van der Waals surface area contributed by atoms with Gasteiger partial charge in [-0.2, -0.15) is 0 Å². The molecule has 0 saturated carbocycles. The third-order valence-electron chi connectivity index (χ3n) is 4.23. The first-order valence-corrected chi connectivity index (χ1v) is 17.8. The van der Waals surface area contributed by atoms with Crippen molar-refractivity contribution < 1.29 is 0 Å². The maximum atomic E-state index is 5.03. The van der Waals surface area contributed by atoms with E-state index >= 15 is 0 Å². The first kappa shape index (κ1) is 18.8. The van der Waals surface area contributed by atoms with Gasteiger partial charge in [0.05, 0.1) is 0 Å². The van der Waals surface area contributed by atoms with E-state index in [-0.39, 0.29) is 0 Å². The van der Waals surface area contributed by atoms with Gasteiger partial charge in [-0.1, -0.05) is 0 Å². The Balaban J connectivity index is 2.97. The van der Waals surface area contributed by atoms with Gasteiger partial charge in [-0.05, 0) is 0 Å². The number of thiazole rings is 1. The monoisotopic (exact) mass is 421 g/mol. The van der Waals surface area contributed by atoms with E-state index < -0.39 is 18.4 Å². The van der Waals surface area contributed by atoms with Crippen LogP contribution >= 0.6 is 23.1 Å². The quantitative estimate of drug-likeness (QED) is 0.326. The van der Waals surface area contributed by atoms with Crippen molar-refractivity contribution in [1.82, 2.24) is 4.98 Å². The molecule has 4 heteroatoms. The molecule has 1 aromatic heterocycles. The first-order chi connectivity index (χ1) is 9.72. The van der Waals surface area contributed by atoms with E-state index in [1.807, 2.05) is 23.1 Å². The molecule has 0 bridgehead atoms. The summed E-state index contributed by atoms with van der Waals surface area (Å²) >= 11 is 1.49. The van der Waals surface area contributed by atoms with E-state index in [1.54, 1.807) is 3.71 Å². The Hall–Kier alpha value is 0.779. The minimum atomic E-state index is -2.21. The number of nitrogens with zero attached hydrogens (tertiary/aromatic N) is 1. The molecule has 0 N–H and O–H groups in total. The number of thioether (sulfide) groups is 1. The second-order valence-electron chi connectivity index (χ2n) is 5.79. The molecule has 0 radical (unpaired) electrons. The Morgan fingerprint density at radius 1 is 1.00 bits per heavy atom. The van der Waals surface area contributed by atoms with Gasteiger partial charge >= 0.3 is 139 Å². The molecule has 20 heavy (non-hydrogen) atoms. The van der Waals surface area contributed by atoms with Crippen LogP contribution in [0.4, 0.5) is 0 Å². The molecule has 1 aromatic rings. The molecule has 0 spiro atoms. The van der Waals surface area contributed by atoms with Crippen molar-refractivity contribution >= 4 is 45.2 Å². The van der Waals surface area contributed by atoms with Crippen LogP contribution in [-0.2, 0) is 0 Å². The number of unbranched alkanes of at least 4 members (excludes halogenated alkanes) is 3. The summed E-state index contributed by atoms with van der Waals surface area (Å²) in [6, 6.07) is 0. The molecule has 1 nitrogen and oxygen atoms in total. The zero-order valence-electron chi connectivity index (χ0n) is 13.7. The van der Waals surface area contributed by atoms with E-state index in [0.717, 1.165) is 0 Å². The van der Waals surface area contributed by atoms with E-state index in [4.69, 9.17) is 4.98 Å². The molecule has 0 saturated heterocycles. The summed E-state index contributed by atoms with van der Waals surface area (Å²) in [5.74, 6) is 0. The van der Waals surface area contributed by atoms with E-state index in [9.17, 15) is 0 Å². The Bertz CT molecular complexity index is 343. The van der Waals surface area contributed by atoms with Gasteiger partial charge in [0, 0.05) is 0 Å². The number of hydrogen-bond acceptors (Lipinski definition) is 3. The van der Waals surface area contributed by atoms with Gasteiger partial charge in [0.25, 0.3) is 0 Å². The van der Waals surface area contributed by atoms with Crippen LogP contribution in [0, 0.1) is 0 Å². The maximum absolute atomic E-state index is 5.03. The number of hydrogen-bond donors (Lipinski definition) is 0. The molecular weight excluding hydrogens is 389 g/mol. The Labute approximate surface area is 138 Å². The van der Waals surface area contributed by atoms with Gasteiger partial charge in [0.2, 0.25) is 0 Å². The number of aromatic nitrogens is 1. The molecular formula is C16H31NS2Sn. The molecule has 0 aliphatic heterocycles. The van der Waals surface area contributed by atoms with Crippen LogP contribution in [-0.4, -0.2) is 29.6 Å². The minimum absolute atomic E-state index is 1.28. The third-order valence-corrected chi connectivity index (χ3v) is 21.7. The molecule has 116 valence electrons. The Kier molecular flexibility index (Phi) is 9.88. The van der Waals surface area contributed by atoms with Crippen molar-refractivity contribution in [2.75, 3.05) is 6.26 Å². The molecule has 0 aromatic carbocycles. The van der Waals surface area contributed by atoms with Crippen LogP contribution in [0.3, 0.4) is 0 Å². The molecule has 0 aliphatic carbocycles. The van der Waals surface area contributed by atoms with E-state index in [2.05, 4.69) is 32.4 Å². The van der Waals surface area contributed by atoms with Crippen LogP contribution in [0.1, 0.15) is 59.3 Å². The van der Waals surface area contributed by atoms with Crippen molar-refractivity contribution in [1.29, 1.82) is 0 Å². The summed E-state index contributed by atoms with van der Waals surface area (Å²) in [6.07, 6.45) is 10.5. The van der Waals surface area contributed by atoms with Gasteiger partial charge in [-0.15, -0.1) is 0 Å². The summed E-state index contributed by atoms with van der Waals surface area (Å²) in [5.41, 5.74) is 0. The molecule has 1 heterocycles. The molecule has 0 unspecified atom stereocenters. The normalized spacial score (nSPS) is 12.0. The fourth-order valence-electron chi connectivity index (χ4n) is 2.90. The second-order valence-corrected chi connectivity index (χ2v) is 20.8. The summed E-state index contributed by atoms with van der Waals surface area (Å²) in [6.45, 7) is 7.01. The van der Waals surface area contributed by atoms with Gasteiger partial charge in [0.1, 0.15) is 0 Å². The fourth-order valence-corrected chi connectivity index (χ4v) is 21.5. The molecule has 0 fully saturated rings. The van der Waals surface area contributed by atoms with Crippen LogP contribution in [0.15, 0.2) is 9.72 Å². The average Bonchev–Trinajstić information content (AvgIpc) is 2.96. The van der Waals surface area contributed by atoms with Crippen molar-refractivity contribution in [2.45, 2.75) is 76.9 Å². The third kappa shape index (κ3) is 5.52. The van der Waals surface area contributed by atoms with Crippen LogP contribution < -0.4 is 3.71 Å². The van der Waals surface area contributed by atoms with Crippen LogP contribution in [0.2, 0.25) is 13.3 Å². The molecule has 0 aliphatic rings. The molecule has 1 rings (SSSR count). The van der Waals surface area contributed by atoms with Crippen molar-refractivity contribution in [3.05, 3.63) is 5.38 Å². The van der Waals surface area contributed by atoms with Crippen molar-refractivity contribution in [3.8, 4) is 0 Å². The summed E-state index contributed by atoms with van der Waals surface area (Å²) in [7, 11) is 0. The summed E-state index contributed by atoms with van der Waals surface area (Å²) in [4.78, 5) is 5.03. The van der Waals surface area contributed by atoms with E-state index in [1.165, 1.54) is 56.2 Å². The average molecular weight is 420 g/mol. The molecule has 0 atom stereocenters. The first-order valence-electron chi connectivity index (χ1n) is 8.22. The summed E-state index contributed by atoms with van der Waals surface area (Å²) in [5, 5.41) is 2.43. The fraction of sp³-hybridized carbons (Fsp3) is 0.812. The summed E-state index contributed by atoms with van der Waals surface area (Å²) < 4.78 is 7.48. The topological polar surface area (TPSA) is 12.9 Å². The zero-order valence-corrected chi connectivity index (χ0v) is 18.2. The second kappa shape index (κ2) is 10.5. The van der Waals surface area contributed by atoms with Gasteiger partial charge < -0.3 is 0 Å². The standard InChI is InChI=1S/C4H4NS2.3C4H9.Sn/c1-6-4-5-2-3-7-4;3*1-3-4-2;/h3H,1H3;3*1,3-4H2,2H3;. The van der Waals surface area contributed by atoms with Crippen LogP contribution in [0.25, 0.3) is 0 Å². The van der Waals surface area contributed by atoms with Gasteiger partial charge in [-0.3, -0.25) is 0 Å².